The number of methoxy groups -OCH3 is 3. The van der Waals surface area contributed by atoms with E-state index < -0.39 is 11.4 Å². The molecule has 7 nitrogen and oxygen atoms in total. The maximum atomic E-state index is 13.6. The minimum absolute atomic E-state index is 0.0631. The van der Waals surface area contributed by atoms with E-state index in [1.165, 1.54) is 14.2 Å². The van der Waals surface area contributed by atoms with Crippen molar-refractivity contribution in [3.63, 3.8) is 0 Å². The molecule has 3 aromatic carbocycles. The number of esters is 1. The van der Waals surface area contributed by atoms with Gasteiger partial charge in [0.05, 0.1) is 26.7 Å². The minimum atomic E-state index is -0.805. The average molecular weight is 460 g/mol. The summed E-state index contributed by atoms with van der Waals surface area (Å²) in [4.78, 5) is 26.9. The van der Waals surface area contributed by atoms with Gasteiger partial charge in [0, 0.05) is 5.56 Å². The highest BCUT2D eigenvalue weighted by Gasteiger charge is 2.26. The van der Waals surface area contributed by atoms with Crippen LogP contribution in [-0.2, 0) is 0 Å². The number of ether oxygens (including phenoxy) is 4. The van der Waals surface area contributed by atoms with Crippen molar-refractivity contribution in [1.82, 2.24) is 0 Å². The van der Waals surface area contributed by atoms with Crippen LogP contribution in [0.2, 0.25) is 0 Å². The first-order valence-corrected chi connectivity index (χ1v) is 10.5. The molecule has 0 aliphatic carbocycles. The van der Waals surface area contributed by atoms with Crippen LogP contribution in [0, 0.1) is 13.8 Å². The van der Waals surface area contributed by atoms with E-state index in [0.29, 0.717) is 22.3 Å². The van der Waals surface area contributed by atoms with Gasteiger partial charge in [0.1, 0.15) is 28.4 Å². The van der Waals surface area contributed by atoms with Gasteiger partial charge in [-0.3, -0.25) is 4.79 Å². The van der Waals surface area contributed by atoms with Crippen molar-refractivity contribution < 1.29 is 28.2 Å². The molecule has 1 heterocycles. The number of hydrogen-bond donors (Lipinski definition) is 0. The Hall–Kier alpha value is -4.26. The Bertz CT molecular complexity index is 1410. The molecular formula is C27H24O7. The van der Waals surface area contributed by atoms with Crippen LogP contribution in [-0.4, -0.2) is 27.3 Å². The Labute approximate surface area is 196 Å². The Morgan fingerprint density at radius 2 is 1.50 bits per heavy atom. The first-order valence-electron chi connectivity index (χ1n) is 10.5. The smallest absolute Gasteiger partial charge is 0.351 e. The molecule has 0 saturated heterocycles. The maximum absolute atomic E-state index is 13.6. The second kappa shape index (κ2) is 9.31. The molecule has 0 saturated carbocycles. The lowest BCUT2D eigenvalue weighted by atomic mass is 10.1. The molecule has 7 heteroatoms. The summed E-state index contributed by atoms with van der Waals surface area (Å²) in [6, 6.07) is 15.5. The Morgan fingerprint density at radius 3 is 2.09 bits per heavy atom. The van der Waals surface area contributed by atoms with Gasteiger partial charge in [-0.25, -0.2) is 4.79 Å². The lowest BCUT2D eigenvalue weighted by Crippen LogP contribution is -2.18. The van der Waals surface area contributed by atoms with Gasteiger partial charge in [-0.2, -0.15) is 0 Å². The number of rotatable bonds is 6. The van der Waals surface area contributed by atoms with Gasteiger partial charge in [-0.1, -0.05) is 12.1 Å². The molecule has 0 spiro atoms. The highest BCUT2D eigenvalue weighted by molar-refractivity contribution is 5.98. The fourth-order valence-corrected chi connectivity index (χ4v) is 3.85. The van der Waals surface area contributed by atoms with E-state index in [-0.39, 0.29) is 28.6 Å². The second-order valence-electron chi connectivity index (χ2n) is 7.70. The molecule has 0 atom stereocenters. The Balaban J connectivity index is 1.95. The van der Waals surface area contributed by atoms with Crippen molar-refractivity contribution in [1.29, 1.82) is 0 Å². The molecular weight excluding hydrogens is 436 g/mol. The summed E-state index contributed by atoms with van der Waals surface area (Å²) in [5.41, 5.74) is 2.27. The standard InChI is InChI=1S/C27H24O7/c1-15-13-16(2)24-19(14-15)23(28)26(25(33-24)17-9-11-18(30-3)12-10-17)34-27(29)22-20(31-4)7-6-8-21(22)32-5/h6-14H,1-5H3. The van der Waals surface area contributed by atoms with Crippen LogP contribution in [0.4, 0.5) is 0 Å². The molecule has 0 bridgehead atoms. The Morgan fingerprint density at radius 1 is 0.853 bits per heavy atom. The van der Waals surface area contributed by atoms with E-state index >= 15 is 0 Å². The summed E-state index contributed by atoms with van der Waals surface area (Å²) in [7, 11) is 4.43. The molecule has 1 aromatic heterocycles. The van der Waals surface area contributed by atoms with Crippen molar-refractivity contribution in [3.05, 3.63) is 81.5 Å². The van der Waals surface area contributed by atoms with Gasteiger partial charge in [0.15, 0.2) is 5.76 Å². The molecule has 174 valence electrons. The maximum Gasteiger partial charge on any atom is 0.351 e. The van der Waals surface area contributed by atoms with Crippen molar-refractivity contribution in [3.8, 4) is 34.3 Å². The van der Waals surface area contributed by atoms with E-state index in [2.05, 4.69) is 0 Å². The molecule has 34 heavy (non-hydrogen) atoms. The third kappa shape index (κ3) is 4.08. The number of fused-ring (bicyclic) bond motifs is 1. The predicted octanol–water partition coefficient (Wildman–Crippen LogP) is 5.32. The Kier molecular flexibility index (Phi) is 6.27. The molecule has 0 fully saturated rings. The fraction of sp³-hybridized carbons (Fsp3) is 0.185. The van der Waals surface area contributed by atoms with Crippen LogP contribution in [0.25, 0.3) is 22.3 Å². The lowest BCUT2D eigenvalue weighted by Gasteiger charge is -2.15. The fourth-order valence-electron chi connectivity index (χ4n) is 3.85. The van der Waals surface area contributed by atoms with Crippen LogP contribution in [0.15, 0.2) is 63.8 Å². The topological polar surface area (TPSA) is 84.2 Å². The zero-order valence-electron chi connectivity index (χ0n) is 19.6. The van der Waals surface area contributed by atoms with Gasteiger partial charge in [-0.15, -0.1) is 0 Å². The molecule has 0 unspecified atom stereocenters. The number of carbonyl (C=O) groups is 1. The van der Waals surface area contributed by atoms with E-state index in [1.54, 1.807) is 55.6 Å². The first-order chi connectivity index (χ1) is 16.4. The normalized spacial score (nSPS) is 10.7. The van der Waals surface area contributed by atoms with Gasteiger partial charge >= 0.3 is 5.97 Å². The predicted molar refractivity (Wildman–Crippen MR) is 128 cm³/mol. The lowest BCUT2D eigenvalue weighted by molar-refractivity contribution is 0.0724. The van der Waals surface area contributed by atoms with Crippen LogP contribution in [0.1, 0.15) is 21.5 Å². The van der Waals surface area contributed by atoms with Crippen molar-refractivity contribution in [2.24, 2.45) is 0 Å². The van der Waals surface area contributed by atoms with Crippen molar-refractivity contribution in [2.45, 2.75) is 13.8 Å². The van der Waals surface area contributed by atoms with E-state index in [1.807, 2.05) is 19.9 Å². The first kappa shape index (κ1) is 22.9. The highest BCUT2D eigenvalue weighted by Crippen LogP contribution is 2.35. The van der Waals surface area contributed by atoms with Crippen LogP contribution in [0.3, 0.4) is 0 Å². The number of carbonyl (C=O) groups excluding carboxylic acids is 1. The summed E-state index contributed by atoms with van der Waals surface area (Å²) in [6.07, 6.45) is 0. The minimum Gasteiger partial charge on any atom is -0.497 e. The molecule has 0 radical (unpaired) electrons. The van der Waals surface area contributed by atoms with Gasteiger partial charge in [-0.05, 0) is 67.4 Å². The second-order valence-corrected chi connectivity index (χ2v) is 7.70. The van der Waals surface area contributed by atoms with Gasteiger partial charge < -0.3 is 23.4 Å². The van der Waals surface area contributed by atoms with Crippen molar-refractivity contribution >= 4 is 16.9 Å². The number of aryl methyl sites for hydroxylation is 2. The SMILES string of the molecule is COc1ccc(-c2oc3c(C)cc(C)cc3c(=O)c2OC(=O)c2c(OC)cccc2OC)cc1. The summed E-state index contributed by atoms with van der Waals surface area (Å²) in [5, 5.41) is 0.324. The van der Waals surface area contributed by atoms with E-state index in [9.17, 15) is 9.59 Å². The quantitative estimate of drug-likeness (QED) is 0.360. The van der Waals surface area contributed by atoms with Gasteiger partial charge in [0.2, 0.25) is 11.2 Å². The zero-order valence-corrected chi connectivity index (χ0v) is 19.6. The average Bonchev–Trinajstić information content (AvgIpc) is 2.85. The molecule has 0 aliphatic rings. The van der Waals surface area contributed by atoms with Crippen LogP contribution < -0.4 is 24.4 Å². The molecule has 0 aliphatic heterocycles. The largest absolute Gasteiger partial charge is 0.497 e. The van der Waals surface area contributed by atoms with Crippen molar-refractivity contribution in [2.75, 3.05) is 21.3 Å². The summed E-state index contributed by atoms with van der Waals surface area (Å²) < 4.78 is 27.8. The van der Waals surface area contributed by atoms with Crippen LogP contribution >= 0.6 is 0 Å². The van der Waals surface area contributed by atoms with E-state index in [0.717, 1.165) is 11.1 Å². The molecule has 4 rings (SSSR count). The molecule has 4 aromatic rings. The molecule has 0 N–H and O–H groups in total. The third-order valence-electron chi connectivity index (χ3n) is 5.46. The van der Waals surface area contributed by atoms with E-state index in [4.69, 9.17) is 23.4 Å². The third-order valence-corrected chi connectivity index (χ3v) is 5.46. The zero-order chi connectivity index (χ0) is 24.4. The summed E-state index contributed by atoms with van der Waals surface area (Å²) in [5.74, 6) is 0.255. The van der Waals surface area contributed by atoms with Gasteiger partial charge in [0.25, 0.3) is 0 Å². The summed E-state index contributed by atoms with van der Waals surface area (Å²) >= 11 is 0. The summed E-state index contributed by atoms with van der Waals surface area (Å²) in [6.45, 7) is 3.75. The monoisotopic (exact) mass is 460 g/mol. The molecule has 0 amide bonds. The number of hydrogen-bond acceptors (Lipinski definition) is 7. The highest BCUT2D eigenvalue weighted by atomic mass is 16.5. The number of benzene rings is 3. The van der Waals surface area contributed by atoms with Crippen LogP contribution in [0.5, 0.6) is 23.0 Å².